The summed E-state index contributed by atoms with van der Waals surface area (Å²) >= 11 is 0. The van der Waals surface area contributed by atoms with E-state index in [4.69, 9.17) is 9.16 Å². The summed E-state index contributed by atoms with van der Waals surface area (Å²) in [5.41, 5.74) is -0.210. The van der Waals surface area contributed by atoms with Crippen LogP contribution in [-0.2, 0) is 9.16 Å². The van der Waals surface area contributed by atoms with Crippen LogP contribution in [0.3, 0.4) is 0 Å². The van der Waals surface area contributed by atoms with Crippen LogP contribution in [0.1, 0.15) is 41.5 Å². The zero-order chi connectivity index (χ0) is 13.9. The molecule has 0 saturated carbocycles. The smallest absolute Gasteiger partial charge is 0.192 e. The Morgan fingerprint density at radius 3 is 1.82 bits per heavy atom. The van der Waals surface area contributed by atoms with Gasteiger partial charge < -0.3 is 14.3 Å². The van der Waals surface area contributed by atoms with Gasteiger partial charge in [0.05, 0.1) is 24.9 Å². The van der Waals surface area contributed by atoms with Gasteiger partial charge in [0.2, 0.25) is 0 Å². The number of aliphatic hydroxyl groups is 1. The first-order valence-electron chi connectivity index (χ1n) is 6.31. The molecule has 0 aromatic heterocycles. The van der Waals surface area contributed by atoms with Gasteiger partial charge in [0, 0.05) is 0 Å². The minimum Gasteiger partial charge on any atom is -0.414 e. The highest BCUT2D eigenvalue weighted by Crippen LogP contribution is 2.36. The Hall–Kier alpha value is 0.0969. The molecule has 1 N–H and O–H groups in total. The summed E-state index contributed by atoms with van der Waals surface area (Å²) < 4.78 is 11.5. The van der Waals surface area contributed by atoms with Crippen molar-refractivity contribution in [1.29, 1.82) is 0 Å². The standard InChI is InChI=1S/C13H30O3Si/c1-12(2,3)15-9-11(14)10-16-17(7,8)13(4,5)6/h11,14H,9-10H2,1-8H3/t11-/m0/s1. The molecule has 0 aromatic rings. The molecule has 4 heteroatoms. The van der Waals surface area contributed by atoms with Gasteiger partial charge in [0.15, 0.2) is 8.32 Å². The maximum atomic E-state index is 9.81. The fourth-order valence-corrected chi connectivity index (χ4v) is 1.96. The lowest BCUT2D eigenvalue weighted by Crippen LogP contribution is -2.43. The van der Waals surface area contributed by atoms with E-state index in [1.165, 1.54) is 0 Å². The topological polar surface area (TPSA) is 38.7 Å². The van der Waals surface area contributed by atoms with Crippen molar-refractivity contribution in [2.45, 2.75) is 71.4 Å². The molecule has 0 amide bonds. The summed E-state index contributed by atoms with van der Waals surface area (Å²) in [5.74, 6) is 0. The van der Waals surface area contributed by atoms with E-state index in [0.29, 0.717) is 13.2 Å². The van der Waals surface area contributed by atoms with Gasteiger partial charge in [0.1, 0.15) is 0 Å². The molecule has 0 bridgehead atoms. The van der Waals surface area contributed by atoms with Gasteiger partial charge in [0.25, 0.3) is 0 Å². The van der Waals surface area contributed by atoms with Gasteiger partial charge in [-0.15, -0.1) is 0 Å². The molecule has 17 heavy (non-hydrogen) atoms. The lowest BCUT2D eigenvalue weighted by molar-refractivity contribution is -0.0598. The number of hydrogen-bond donors (Lipinski definition) is 1. The highest BCUT2D eigenvalue weighted by molar-refractivity contribution is 6.74. The van der Waals surface area contributed by atoms with Crippen LogP contribution in [-0.4, -0.2) is 38.3 Å². The highest BCUT2D eigenvalue weighted by atomic mass is 28.4. The summed E-state index contributed by atoms with van der Waals surface area (Å²) in [6.07, 6.45) is -0.539. The summed E-state index contributed by atoms with van der Waals surface area (Å²) in [6.45, 7) is 17.6. The molecule has 1 atom stereocenters. The van der Waals surface area contributed by atoms with E-state index in [-0.39, 0.29) is 10.6 Å². The average molecular weight is 262 g/mol. The maximum absolute atomic E-state index is 9.81. The normalized spacial score (nSPS) is 16.1. The fraction of sp³-hybridized carbons (Fsp3) is 1.00. The number of hydrogen-bond acceptors (Lipinski definition) is 3. The van der Waals surface area contributed by atoms with Gasteiger partial charge in [-0.25, -0.2) is 0 Å². The predicted octanol–water partition coefficient (Wildman–Crippen LogP) is 3.18. The largest absolute Gasteiger partial charge is 0.414 e. The lowest BCUT2D eigenvalue weighted by Gasteiger charge is -2.36. The molecular formula is C13H30O3Si. The van der Waals surface area contributed by atoms with Gasteiger partial charge in [-0.1, -0.05) is 20.8 Å². The molecule has 0 rings (SSSR count). The molecule has 0 aliphatic heterocycles. The molecule has 0 aromatic carbocycles. The third kappa shape index (κ3) is 7.19. The van der Waals surface area contributed by atoms with Crippen molar-refractivity contribution >= 4 is 8.32 Å². The molecule has 0 spiro atoms. The van der Waals surface area contributed by atoms with Crippen molar-refractivity contribution < 1.29 is 14.3 Å². The number of rotatable bonds is 5. The zero-order valence-electron chi connectivity index (χ0n) is 12.8. The summed E-state index contributed by atoms with van der Waals surface area (Å²) in [5, 5.41) is 9.99. The molecule has 3 nitrogen and oxygen atoms in total. The van der Waals surface area contributed by atoms with Crippen molar-refractivity contribution in [2.75, 3.05) is 13.2 Å². The van der Waals surface area contributed by atoms with E-state index >= 15 is 0 Å². The first kappa shape index (κ1) is 17.1. The zero-order valence-corrected chi connectivity index (χ0v) is 13.8. The minimum atomic E-state index is -1.76. The molecule has 0 saturated heterocycles. The van der Waals surface area contributed by atoms with Gasteiger partial charge >= 0.3 is 0 Å². The Morgan fingerprint density at radius 2 is 1.47 bits per heavy atom. The molecule has 0 radical (unpaired) electrons. The van der Waals surface area contributed by atoms with Crippen molar-refractivity contribution in [1.82, 2.24) is 0 Å². The molecule has 0 fully saturated rings. The van der Waals surface area contributed by atoms with Crippen LogP contribution >= 0.6 is 0 Å². The van der Waals surface area contributed by atoms with E-state index < -0.39 is 14.4 Å². The molecular weight excluding hydrogens is 232 g/mol. The second-order valence-corrected chi connectivity index (χ2v) is 12.0. The van der Waals surface area contributed by atoms with E-state index in [1.807, 2.05) is 20.8 Å². The van der Waals surface area contributed by atoms with E-state index in [9.17, 15) is 5.11 Å². The van der Waals surface area contributed by atoms with E-state index in [0.717, 1.165) is 0 Å². The Labute approximate surface area is 108 Å². The third-order valence-corrected chi connectivity index (χ3v) is 7.65. The second-order valence-electron chi connectivity index (χ2n) is 7.15. The summed E-state index contributed by atoms with van der Waals surface area (Å²) in [6, 6.07) is 0. The van der Waals surface area contributed by atoms with E-state index in [1.54, 1.807) is 0 Å². The van der Waals surface area contributed by atoms with Crippen molar-refractivity contribution in [3.05, 3.63) is 0 Å². The Balaban J connectivity index is 4.04. The number of aliphatic hydroxyl groups excluding tert-OH is 1. The van der Waals surface area contributed by atoms with Crippen LogP contribution in [0.4, 0.5) is 0 Å². The quantitative estimate of drug-likeness (QED) is 0.773. The van der Waals surface area contributed by atoms with Crippen LogP contribution in [0.5, 0.6) is 0 Å². The predicted molar refractivity (Wildman–Crippen MR) is 74.9 cm³/mol. The lowest BCUT2D eigenvalue weighted by atomic mass is 10.2. The van der Waals surface area contributed by atoms with Gasteiger partial charge in [-0.05, 0) is 38.9 Å². The van der Waals surface area contributed by atoms with Crippen LogP contribution in [0.25, 0.3) is 0 Å². The first-order valence-corrected chi connectivity index (χ1v) is 9.22. The summed E-state index contributed by atoms with van der Waals surface area (Å²) in [7, 11) is -1.76. The van der Waals surface area contributed by atoms with Crippen molar-refractivity contribution in [3.63, 3.8) is 0 Å². The van der Waals surface area contributed by atoms with Gasteiger partial charge in [-0.2, -0.15) is 0 Å². The average Bonchev–Trinajstić information content (AvgIpc) is 2.08. The summed E-state index contributed by atoms with van der Waals surface area (Å²) in [4.78, 5) is 0. The minimum absolute atomic E-state index is 0.178. The SMILES string of the molecule is CC(C)(C)OC[C@H](O)CO[Si](C)(C)C(C)(C)C. The van der Waals surface area contributed by atoms with Crippen molar-refractivity contribution in [3.8, 4) is 0 Å². The Bertz CT molecular complexity index is 226. The van der Waals surface area contributed by atoms with Crippen LogP contribution in [0, 0.1) is 0 Å². The second kappa shape index (κ2) is 5.82. The Kier molecular flexibility index (Phi) is 5.86. The Morgan fingerprint density at radius 1 is 1.00 bits per heavy atom. The monoisotopic (exact) mass is 262 g/mol. The molecule has 0 aliphatic rings. The van der Waals surface area contributed by atoms with Gasteiger partial charge in [-0.3, -0.25) is 0 Å². The van der Waals surface area contributed by atoms with Crippen LogP contribution in [0.2, 0.25) is 18.1 Å². The van der Waals surface area contributed by atoms with E-state index in [2.05, 4.69) is 33.9 Å². The van der Waals surface area contributed by atoms with Crippen molar-refractivity contribution in [2.24, 2.45) is 0 Å². The van der Waals surface area contributed by atoms with Crippen LogP contribution < -0.4 is 0 Å². The molecule has 0 unspecified atom stereocenters. The number of ether oxygens (including phenoxy) is 1. The molecule has 0 heterocycles. The molecule has 0 aliphatic carbocycles. The third-order valence-electron chi connectivity index (χ3n) is 3.15. The molecule has 104 valence electrons. The first-order chi connectivity index (χ1) is 7.35. The van der Waals surface area contributed by atoms with Crippen LogP contribution in [0.15, 0.2) is 0 Å². The highest BCUT2D eigenvalue weighted by Gasteiger charge is 2.37. The maximum Gasteiger partial charge on any atom is 0.192 e. The fourth-order valence-electron chi connectivity index (χ4n) is 0.915.